The van der Waals surface area contributed by atoms with Gasteiger partial charge in [-0.15, -0.1) is 0 Å². The van der Waals surface area contributed by atoms with Gasteiger partial charge in [0.1, 0.15) is 0 Å². The fourth-order valence-corrected chi connectivity index (χ4v) is 3.02. The highest BCUT2D eigenvalue weighted by Crippen LogP contribution is 2.27. The van der Waals surface area contributed by atoms with E-state index in [1.165, 1.54) is 12.1 Å². The molecule has 1 saturated heterocycles. The number of hydrogen-bond acceptors (Lipinski definition) is 3. The summed E-state index contributed by atoms with van der Waals surface area (Å²) in [6.07, 6.45) is 3.41. The van der Waals surface area contributed by atoms with E-state index < -0.39 is 11.5 Å². The monoisotopic (exact) mass is 310 g/mol. The number of carboxylic acid groups (broad SMARTS) is 1. The maximum Gasteiger partial charge on any atom is 0.335 e. The number of aromatic carboxylic acids is 1. The lowest BCUT2D eigenvalue weighted by Crippen LogP contribution is -2.50. The number of amides is 1. The Balaban J connectivity index is 2.20. The number of benzene rings is 1. The highest BCUT2D eigenvalue weighted by molar-refractivity contribution is 6.31. The first-order chi connectivity index (χ1) is 9.97. The third kappa shape index (κ3) is 3.54. The first kappa shape index (κ1) is 15.8. The van der Waals surface area contributed by atoms with Crippen molar-refractivity contribution < 1.29 is 14.7 Å². The van der Waals surface area contributed by atoms with Crippen LogP contribution in [-0.4, -0.2) is 29.1 Å². The summed E-state index contributed by atoms with van der Waals surface area (Å²) in [5, 5.41) is 15.4. The third-order valence-corrected chi connectivity index (χ3v) is 3.98. The molecular formula is C15H19ClN2O3. The highest BCUT2D eigenvalue weighted by Gasteiger charge is 2.39. The Hall–Kier alpha value is -1.59. The van der Waals surface area contributed by atoms with Crippen molar-refractivity contribution in [2.24, 2.45) is 0 Å². The van der Waals surface area contributed by atoms with Crippen LogP contribution in [0.2, 0.25) is 5.02 Å². The van der Waals surface area contributed by atoms with Gasteiger partial charge in [0.2, 0.25) is 5.91 Å². The predicted octanol–water partition coefficient (Wildman–Crippen LogP) is 2.90. The number of rotatable bonds is 5. The number of carbonyl (C=O) groups excluding carboxylic acids is 1. The van der Waals surface area contributed by atoms with Crippen molar-refractivity contribution in [3.63, 3.8) is 0 Å². The van der Waals surface area contributed by atoms with Crippen LogP contribution < -0.4 is 10.6 Å². The molecule has 1 atom stereocenters. The highest BCUT2D eigenvalue weighted by atomic mass is 35.5. The minimum atomic E-state index is -1.07. The van der Waals surface area contributed by atoms with Crippen LogP contribution in [0.25, 0.3) is 0 Å². The summed E-state index contributed by atoms with van der Waals surface area (Å²) < 4.78 is 0. The second kappa shape index (κ2) is 6.45. The van der Waals surface area contributed by atoms with Gasteiger partial charge in [-0.2, -0.15) is 0 Å². The molecule has 6 heteroatoms. The topological polar surface area (TPSA) is 78.4 Å². The molecule has 1 amide bonds. The SMILES string of the molecule is CCCC1(C(=O)Nc2cc(Cl)cc(C(=O)O)c2)CCCN1. The van der Waals surface area contributed by atoms with E-state index >= 15 is 0 Å². The van der Waals surface area contributed by atoms with Gasteiger partial charge >= 0.3 is 5.97 Å². The lowest BCUT2D eigenvalue weighted by atomic mass is 9.90. The van der Waals surface area contributed by atoms with Crippen molar-refractivity contribution in [1.29, 1.82) is 0 Å². The molecular weight excluding hydrogens is 292 g/mol. The van der Waals surface area contributed by atoms with Gasteiger partial charge < -0.3 is 15.7 Å². The summed E-state index contributed by atoms with van der Waals surface area (Å²) in [7, 11) is 0. The Morgan fingerprint density at radius 1 is 1.43 bits per heavy atom. The standard InChI is InChI=1S/C15H19ClN2O3/c1-2-4-15(5-3-6-17-15)14(21)18-12-8-10(13(19)20)7-11(16)9-12/h7-9,17H,2-6H2,1H3,(H,18,21)(H,19,20). The van der Waals surface area contributed by atoms with Crippen molar-refractivity contribution in [2.75, 3.05) is 11.9 Å². The van der Waals surface area contributed by atoms with Gasteiger partial charge in [0.15, 0.2) is 0 Å². The summed E-state index contributed by atoms with van der Waals surface area (Å²) in [5.41, 5.74) is -0.0868. The number of nitrogens with one attached hydrogen (secondary N) is 2. The molecule has 1 aliphatic heterocycles. The maximum atomic E-state index is 12.6. The molecule has 1 aliphatic rings. The molecule has 3 N–H and O–H groups in total. The van der Waals surface area contributed by atoms with Crippen LogP contribution in [0.5, 0.6) is 0 Å². The van der Waals surface area contributed by atoms with Crippen LogP contribution >= 0.6 is 11.6 Å². The average Bonchev–Trinajstić information content (AvgIpc) is 2.88. The van der Waals surface area contributed by atoms with Gasteiger partial charge in [0.05, 0.1) is 11.1 Å². The van der Waals surface area contributed by atoms with Crippen molar-refractivity contribution in [3.8, 4) is 0 Å². The van der Waals surface area contributed by atoms with Gasteiger partial charge in [-0.25, -0.2) is 4.79 Å². The van der Waals surface area contributed by atoms with E-state index in [-0.39, 0.29) is 16.5 Å². The van der Waals surface area contributed by atoms with Crippen molar-refractivity contribution in [2.45, 2.75) is 38.1 Å². The van der Waals surface area contributed by atoms with Crippen LogP contribution in [0.4, 0.5) is 5.69 Å². The van der Waals surface area contributed by atoms with E-state index in [0.717, 1.165) is 32.2 Å². The average molecular weight is 311 g/mol. The van der Waals surface area contributed by atoms with Gasteiger partial charge in [-0.1, -0.05) is 24.9 Å². The van der Waals surface area contributed by atoms with E-state index in [1.54, 1.807) is 6.07 Å². The first-order valence-corrected chi connectivity index (χ1v) is 7.45. The Labute approximate surface area is 128 Å². The molecule has 0 spiro atoms. The molecule has 1 aromatic carbocycles. The molecule has 0 aliphatic carbocycles. The van der Waals surface area contributed by atoms with Gasteiger partial charge in [-0.05, 0) is 44.0 Å². The van der Waals surface area contributed by atoms with E-state index in [4.69, 9.17) is 16.7 Å². The molecule has 1 fully saturated rings. The van der Waals surface area contributed by atoms with Gasteiger partial charge in [0.25, 0.3) is 0 Å². The smallest absolute Gasteiger partial charge is 0.335 e. The minimum Gasteiger partial charge on any atom is -0.478 e. The molecule has 0 saturated carbocycles. The Morgan fingerprint density at radius 2 is 2.19 bits per heavy atom. The Morgan fingerprint density at radius 3 is 2.76 bits per heavy atom. The molecule has 0 aromatic heterocycles. The summed E-state index contributed by atoms with van der Waals surface area (Å²) in [5.74, 6) is -1.20. The number of hydrogen-bond donors (Lipinski definition) is 3. The zero-order chi connectivity index (χ0) is 15.5. The molecule has 1 aromatic rings. The molecule has 114 valence electrons. The predicted molar refractivity (Wildman–Crippen MR) is 81.9 cm³/mol. The molecule has 1 heterocycles. The molecule has 21 heavy (non-hydrogen) atoms. The zero-order valence-corrected chi connectivity index (χ0v) is 12.7. The number of anilines is 1. The lowest BCUT2D eigenvalue weighted by Gasteiger charge is -2.28. The second-order valence-corrected chi connectivity index (χ2v) is 5.79. The fourth-order valence-electron chi connectivity index (χ4n) is 2.79. The minimum absolute atomic E-state index is 0.0572. The summed E-state index contributed by atoms with van der Waals surface area (Å²) in [6.45, 7) is 2.86. The summed E-state index contributed by atoms with van der Waals surface area (Å²) >= 11 is 5.90. The normalized spacial score (nSPS) is 21.2. The number of halogens is 1. The molecule has 0 radical (unpaired) electrons. The number of carboxylic acids is 1. The summed E-state index contributed by atoms with van der Waals surface area (Å²) in [4.78, 5) is 23.6. The van der Waals surface area contributed by atoms with Crippen LogP contribution in [0.3, 0.4) is 0 Å². The molecule has 2 rings (SSSR count). The van der Waals surface area contributed by atoms with Gasteiger partial charge in [0, 0.05) is 10.7 Å². The van der Waals surface area contributed by atoms with Gasteiger partial charge in [-0.3, -0.25) is 4.79 Å². The van der Waals surface area contributed by atoms with Crippen molar-refractivity contribution in [1.82, 2.24) is 5.32 Å². The quantitative estimate of drug-likeness (QED) is 0.781. The Kier molecular flexibility index (Phi) is 4.85. The fraction of sp³-hybridized carbons (Fsp3) is 0.467. The zero-order valence-electron chi connectivity index (χ0n) is 11.9. The molecule has 5 nitrogen and oxygen atoms in total. The van der Waals surface area contributed by atoms with Crippen LogP contribution in [0.15, 0.2) is 18.2 Å². The van der Waals surface area contributed by atoms with Crippen LogP contribution in [0.1, 0.15) is 43.0 Å². The maximum absolute atomic E-state index is 12.6. The third-order valence-electron chi connectivity index (χ3n) is 3.76. The summed E-state index contributed by atoms with van der Waals surface area (Å²) in [6, 6.07) is 4.33. The van der Waals surface area contributed by atoms with E-state index in [1.807, 2.05) is 6.92 Å². The van der Waals surface area contributed by atoms with Crippen molar-refractivity contribution >= 4 is 29.2 Å². The van der Waals surface area contributed by atoms with E-state index in [9.17, 15) is 9.59 Å². The first-order valence-electron chi connectivity index (χ1n) is 7.07. The second-order valence-electron chi connectivity index (χ2n) is 5.35. The molecule has 0 bridgehead atoms. The largest absolute Gasteiger partial charge is 0.478 e. The number of carbonyl (C=O) groups is 2. The Bertz CT molecular complexity index is 554. The van der Waals surface area contributed by atoms with Crippen LogP contribution in [-0.2, 0) is 4.79 Å². The van der Waals surface area contributed by atoms with Crippen LogP contribution in [0, 0.1) is 0 Å². The lowest BCUT2D eigenvalue weighted by molar-refractivity contribution is -0.122. The van der Waals surface area contributed by atoms with E-state index in [0.29, 0.717) is 5.69 Å². The van der Waals surface area contributed by atoms with E-state index in [2.05, 4.69) is 10.6 Å². The molecule has 1 unspecified atom stereocenters. The van der Waals surface area contributed by atoms with Crippen molar-refractivity contribution in [3.05, 3.63) is 28.8 Å².